The summed E-state index contributed by atoms with van der Waals surface area (Å²) in [5.74, 6) is -0.515. The van der Waals surface area contributed by atoms with Crippen LogP contribution >= 0.6 is 0 Å². The fourth-order valence-corrected chi connectivity index (χ4v) is 2.71. The van der Waals surface area contributed by atoms with Crippen molar-refractivity contribution in [2.75, 3.05) is 26.7 Å². The fraction of sp³-hybridized carbons (Fsp3) is 0.533. The Hall–Kier alpha value is -1.62. The zero-order valence-electron chi connectivity index (χ0n) is 12.0. The van der Waals surface area contributed by atoms with E-state index in [4.69, 9.17) is 4.74 Å². The van der Waals surface area contributed by atoms with Gasteiger partial charge in [0.2, 0.25) is 0 Å². The molecule has 0 radical (unpaired) electrons. The van der Waals surface area contributed by atoms with Crippen LogP contribution in [0.2, 0.25) is 0 Å². The number of piperidine rings is 1. The highest BCUT2D eigenvalue weighted by molar-refractivity contribution is 5.97. The summed E-state index contributed by atoms with van der Waals surface area (Å²) in [6.45, 7) is 4.28. The van der Waals surface area contributed by atoms with E-state index in [9.17, 15) is 9.18 Å². The number of methoxy groups -OCH3 is 1. The van der Waals surface area contributed by atoms with Crippen LogP contribution in [-0.4, -0.2) is 43.6 Å². The highest BCUT2D eigenvalue weighted by Gasteiger charge is 2.28. The van der Waals surface area contributed by atoms with Gasteiger partial charge < -0.3 is 15.0 Å². The molecule has 0 aliphatic carbocycles. The molecule has 1 saturated heterocycles. The minimum atomic E-state index is -0.526. The Morgan fingerprint density at radius 1 is 1.45 bits per heavy atom. The van der Waals surface area contributed by atoms with Crippen LogP contribution in [0.5, 0.6) is 5.75 Å². The second kappa shape index (κ2) is 6.70. The van der Waals surface area contributed by atoms with Crippen molar-refractivity contribution in [1.29, 1.82) is 0 Å². The van der Waals surface area contributed by atoms with Crippen LogP contribution in [0.15, 0.2) is 18.2 Å². The van der Waals surface area contributed by atoms with Crippen molar-refractivity contribution < 1.29 is 13.9 Å². The third-order valence-electron chi connectivity index (χ3n) is 3.76. The van der Waals surface area contributed by atoms with Crippen molar-refractivity contribution in [3.8, 4) is 5.75 Å². The molecule has 1 fully saturated rings. The van der Waals surface area contributed by atoms with Crippen LogP contribution in [0.3, 0.4) is 0 Å². The Bertz CT molecular complexity index is 473. The second-order valence-electron chi connectivity index (χ2n) is 4.89. The summed E-state index contributed by atoms with van der Waals surface area (Å²) in [6.07, 6.45) is 1.80. The van der Waals surface area contributed by atoms with Crippen LogP contribution in [0.25, 0.3) is 0 Å². The number of carbonyl (C=O) groups is 1. The first-order valence-electron chi connectivity index (χ1n) is 7.03. The van der Waals surface area contributed by atoms with Gasteiger partial charge in [-0.15, -0.1) is 0 Å². The Morgan fingerprint density at radius 3 is 2.75 bits per heavy atom. The number of benzene rings is 1. The zero-order valence-corrected chi connectivity index (χ0v) is 12.0. The van der Waals surface area contributed by atoms with Crippen molar-refractivity contribution in [2.24, 2.45) is 0 Å². The molecule has 0 spiro atoms. The van der Waals surface area contributed by atoms with E-state index in [0.717, 1.165) is 25.9 Å². The Balaban J connectivity index is 2.28. The average Bonchev–Trinajstić information content (AvgIpc) is 2.48. The molecule has 1 aromatic carbocycles. The minimum Gasteiger partial charge on any atom is -0.496 e. The number of hydrogen-bond donors (Lipinski definition) is 1. The van der Waals surface area contributed by atoms with Crippen molar-refractivity contribution in [3.63, 3.8) is 0 Å². The van der Waals surface area contributed by atoms with Crippen molar-refractivity contribution in [2.45, 2.75) is 25.8 Å². The molecule has 1 aliphatic rings. The topological polar surface area (TPSA) is 41.6 Å². The fourth-order valence-electron chi connectivity index (χ4n) is 2.71. The van der Waals surface area contributed by atoms with Crippen molar-refractivity contribution in [3.05, 3.63) is 29.6 Å². The van der Waals surface area contributed by atoms with E-state index in [1.807, 2.05) is 6.92 Å². The lowest BCUT2D eigenvalue weighted by Gasteiger charge is -2.34. The molecule has 110 valence electrons. The first kappa shape index (κ1) is 14.8. The number of carbonyl (C=O) groups excluding carboxylic acids is 1. The number of hydrogen-bond acceptors (Lipinski definition) is 3. The van der Waals surface area contributed by atoms with Gasteiger partial charge in [0.1, 0.15) is 17.1 Å². The Kier molecular flexibility index (Phi) is 4.95. The molecule has 1 aliphatic heterocycles. The summed E-state index contributed by atoms with van der Waals surface area (Å²) in [4.78, 5) is 14.4. The minimum absolute atomic E-state index is 0.0374. The summed E-state index contributed by atoms with van der Waals surface area (Å²) in [7, 11) is 1.45. The van der Waals surface area contributed by atoms with Gasteiger partial charge in [-0.2, -0.15) is 0 Å². The number of halogens is 1. The molecule has 2 rings (SSSR count). The second-order valence-corrected chi connectivity index (χ2v) is 4.89. The molecule has 0 atom stereocenters. The van der Waals surface area contributed by atoms with Gasteiger partial charge in [0.05, 0.1) is 7.11 Å². The summed E-state index contributed by atoms with van der Waals surface area (Å²) in [5.41, 5.74) is 0.0374. The highest BCUT2D eigenvalue weighted by Crippen LogP contribution is 2.25. The first-order chi connectivity index (χ1) is 9.69. The van der Waals surface area contributed by atoms with E-state index in [1.165, 1.54) is 13.2 Å². The third kappa shape index (κ3) is 2.93. The maximum atomic E-state index is 14.0. The van der Waals surface area contributed by atoms with Gasteiger partial charge >= 0.3 is 0 Å². The number of amides is 1. The normalized spacial score (nSPS) is 15.9. The van der Waals surface area contributed by atoms with E-state index in [0.29, 0.717) is 12.3 Å². The standard InChI is InChI=1S/C15H21FN2O2/c1-3-18(11-7-9-17-10-8-11)15(19)14-12(16)5-4-6-13(14)20-2/h4-6,11,17H,3,7-10H2,1-2H3. The van der Waals surface area contributed by atoms with E-state index in [-0.39, 0.29) is 17.5 Å². The number of rotatable bonds is 4. The molecule has 5 heteroatoms. The maximum Gasteiger partial charge on any atom is 0.260 e. The first-order valence-corrected chi connectivity index (χ1v) is 7.03. The summed E-state index contributed by atoms with van der Waals surface area (Å²) in [5, 5.41) is 3.27. The molecule has 0 aromatic heterocycles. The smallest absolute Gasteiger partial charge is 0.260 e. The predicted octanol–water partition coefficient (Wildman–Crippen LogP) is 2.05. The molecular weight excluding hydrogens is 259 g/mol. The lowest BCUT2D eigenvalue weighted by atomic mass is 10.0. The third-order valence-corrected chi connectivity index (χ3v) is 3.76. The lowest BCUT2D eigenvalue weighted by molar-refractivity contribution is 0.0647. The zero-order chi connectivity index (χ0) is 14.5. The predicted molar refractivity (Wildman–Crippen MR) is 75.6 cm³/mol. The van der Waals surface area contributed by atoms with Crippen LogP contribution in [0, 0.1) is 5.82 Å². The van der Waals surface area contributed by atoms with E-state index in [2.05, 4.69) is 5.32 Å². The molecular formula is C15H21FN2O2. The van der Waals surface area contributed by atoms with Crippen LogP contribution < -0.4 is 10.1 Å². The van der Waals surface area contributed by atoms with Gasteiger partial charge in [-0.25, -0.2) is 4.39 Å². The van der Waals surface area contributed by atoms with Gasteiger partial charge in [0, 0.05) is 12.6 Å². The van der Waals surface area contributed by atoms with E-state index in [1.54, 1.807) is 17.0 Å². The molecule has 1 aromatic rings. The van der Waals surface area contributed by atoms with Crippen molar-refractivity contribution >= 4 is 5.91 Å². The molecule has 0 unspecified atom stereocenters. The van der Waals surface area contributed by atoms with E-state index < -0.39 is 5.82 Å². The Morgan fingerprint density at radius 2 is 2.15 bits per heavy atom. The Labute approximate surface area is 118 Å². The maximum absolute atomic E-state index is 14.0. The quantitative estimate of drug-likeness (QED) is 0.918. The van der Waals surface area contributed by atoms with Crippen LogP contribution in [0.4, 0.5) is 4.39 Å². The van der Waals surface area contributed by atoms with Gasteiger partial charge in [-0.3, -0.25) is 4.79 Å². The monoisotopic (exact) mass is 280 g/mol. The molecule has 20 heavy (non-hydrogen) atoms. The molecule has 4 nitrogen and oxygen atoms in total. The van der Waals surface area contributed by atoms with Gasteiger partial charge in [0.25, 0.3) is 5.91 Å². The van der Waals surface area contributed by atoms with E-state index >= 15 is 0 Å². The largest absolute Gasteiger partial charge is 0.496 e. The number of nitrogens with one attached hydrogen (secondary N) is 1. The van der Waals surface area contributed by atoms with Crippen molar-refractivity contribution in [1.82, 2.24) is 10.2 Å². The SMILES string of the molecule is CCN(C(=O)c1c(F)cccc1OC)C1CCNCC1. The molecule has 0 saturated carbocycles. The lowest BCUT2D eigenvalue weighted by Crippen LogP contribution is -2.46. The summed E-state index contributed by atoms with van der Waals surface area (Å²) < 4.78 is 19.1. The molecule has 0 bridgehead atoms. The summed E-state index contributed by atoms with van der Waals surface area (Å²) >= 11 is 0. The summed E-state index contributed by atoms with van der Waals surface area (Å²) in [6, 6.07) is 4.63. The highest BCUT2D eigenvalue weighted by atomic mass is 19.1. The van der Waals surface area contributed by atoms with Crippen LogP contribution in [0.1, 0.15) is 30.1 Å². The number of nitrogens with zero attached hydrogens (tertiary/aromatic N) is 1. The van der Waals surface area contributed by atoms with Gasteiger partial charge in [-0.1, -0.05) is 6.07 Å². The molecule has 1 N–H and O–H groups in total. The molecule has 1 amide bonds. The average molecular weight is 280 g/mol. The number of ether oxygens (including phenoxy) is 1. The van der Waals surface area contributed by atoms with Crippen LogP contribution in [-0.2, 0) is 0 Å². The van der Waals surface area contributed by atoms with Gasteiger partial charge in [-0.05, 0) is 45.0 Å². The molecule has 1 heterocycles. The van der Waals surface area contributed by atoms with Gasteiger partial charge in [0.15, 0.2) is 0 Å².